The minimum atomic E-state index is -0.274. The molecule has 0 aromatic carbocycles. The molecule has 0 amide bonds. The fourth-order valence-electron chi connectivity index (χ4n) is 1.87. The van der Waals surface area contributed by atoms with E-state index in [1.54, 1.807) is 0 Å². The standard InChI is InChI=1S/C10H21NO2/c1-10(2)5-4-9(13-10)6-8(12)7-11-3/h8-9,11-12H,4-7H2,1-3H3. The quantitative estimate of drug-likeness (QED) is 0.687. The molecular weight excluding hydrogens is 166 g/mol. The van der Waals surface area contributed by atoms with Gasteiger partial charge in [0.05, 0.1) is 17.8 Å². The van der Waals surface area contributed by atoms with Gasteiger partial charge in [-0.25, -0.2) is 0 Å². The summed E-state index contributed by atoms with van der Waals surface area (Å²) in [7, 11) is 1.85. The second-order valence-electron chi connectivity index (χ2n) is 4.49. The lowest BCUT2D eigenvalue weighted by Gasteiger charge is -2.20. The highest BCUT2D eigenvalue weighted by Crippen LogP contribution is 2.31. The molecule has 1 aliphatic rings. The molecule has 0 aromatic heterocycles. The van der Waals surface area contributed by atoms with Crippen LogP contribution in [0.5, 0.6) is 0 Å². The smallest absolute Gasteiger partial charge is 0.0689 e. The first-order valence-electron chi connectivity index (χ1n) is 5.04. The van der Waals surface area contributed by atoms with Gasteiger partial charge < -0.3 is 15.2 Å². The number of nitrogens with one attached hydrogen (secondary N) is 1. The fraction of sp³-hybridized carbons (Fsp3) is 1.00. The first kappa shape index (κ1) is 11.0. The molecule has 1 fully saturated rings. The SMILES string of the molecule is CNCC(O)CC1CCC(C)(C)O1. The van der Waals surface area contributed by atoms with Crippen molar-refractivity contribution in [3.8, 4) is 0 Å². The van der Waals surface area contributed by atoms with Crippen LogP contribution in [0.1, 0.15) is 33.1 Å². The average Bonchev–Trinajstić information content (AvgIpc) is 2.30. The highest BCUT2D eigenvalue weighted by Gasteiger charge is 2.32. The van der Waals surface area contributed by atoms with Crippen LogP contribution in [0.3, 0.4) is 0 Å². The van der Waals surface area contributed by atoms with Crippen molar-refractivity contribution in [1.29, 1.82) is 0 Å². The average molecular weight is 187 g/mol. The van der Waals surface area contributed by atoms with E-state index in [1.165, 1.54) is 0 Å². The summed E-state index contributed by atoms with van der Waals surface area (Å²) in [6, 6.07) is 0. The topological polar surface area (TPSA) is 41.5 Å². The molecule has 3 heteroatoms. The Morgan fingerprint density at radius 1 is 1.62 bits per heavy atom. The van der Waals surface area contributed by atoms with Crippen LogP contribution in [0.4, 0.5) is 0 Å². The molecule has 0 bridgehead atoms. The van der Waals surface area contributed by atoms with Crippen molar-refractivity contribution in [3.05, 3.63) is 0 Å². The molecule has 0 radical (unpaired) electrons. The molecule has 3 nitrogen and oxygen atoms in total. The molecule has 13 heavy (non-hydrogen) atoms. The Bertz CT molecular complexity index is 159. The summed E-state index contributed by atoms with van der Waals surface area (Å²) in [6.45, 7) is 4.87. The molecule has 0 aromatic rings. The second-order valence-corrected chi connectivity index (χ2v) is 4.49. The number of ether oxygens (including phenoxy) is 1. The zero-order valence-electron chi connectivity index (χ0n) is 8.84. The van der Waals surface area contributed by atoms with Crippen LogP contribution in [0.2, 0.25) is 0 Å². The van der Waals surface area contributed by atoms with Gasteiger partial charge in [0, 0.05) is 13.0 Å². The summed E-state index contributed by atoms with van der Waals surface area (Å²) < 4.78 is 5.78. The van der Waals surface area contributed by atoms with E-state index in [1.807, 2.05) is 7.05 Å². The number of hydrogen-bond donors (Lipinski definition) is 2. The number of hydrogen-bond acceptors (Lipinski definition) is 3. The molecule has 0 aliphatic carbocycles. The lowest BCUT2D eigenvalue weighted by Crippen LogP contribution is -2.29. The van der Waals surface area contributed by atoms with Gasteiger partial charge in [0.1, 0.15) is 0 Å². The third kappa shape index (κ3) is 3.63. The Kier molecular flexibility index (Phi) is 3.71. The summed E-state index contributed by atoms with van der Waals surface area (Å²) >= 11 is 0. The molecular formula is C10H21NO2. The van der Waals surface area contributed by atoms with Gasteiger partial charge in [0.2, 0.25) is 0 Å². The van der Waals surface area contributed by atoms with Crippen molar-refractivity contribution in [2.45, 2.75) is 50.9 Å². The van der Waals surface area contributed by atoms with E-state index in [9.17, 15) is 5.11 Å². The Morgan fingerprint density at radius 2 is 2.31 bits per heavy atom. The highest BCUT2D eigenvalue weighted by atomic mass is 16.5. The third-order valence-electron chi connectivity index (χ3n) is 2.53. The Morgan fingerprint density at radius 3 is 2.77 bits per heavy atom. The number of likely N-dealkylation sites (N-methyl/N-ethyl adjacent to an activating group) is 1. The van der Waals surface area contributed by atoms with Gasteiger partial charge in [-0.1, -0.05) is 0 Å². The Labute approximate surface area is 80.5 Å². The largest absolute Gasteiger partial charge is 0.392 e. The van der Waals surface area contributed by atoms with Crippen LogP contribution in [0, 0.1) is 0 Å². The molecule has 2 N–H and O–H groups in total. The summed E-state index contributed by atoms with van der Waals surface area (Å²) in [5.74, 6) is 0. The molecule has 0 saturated carbocycles. The van der Waals surface area contributed by atoms with Crippen LogP contribution in [0.25, 0.3) is 0 Å². The van der Waals surface area contributed by atoms with E-state index in [2.05, 4.69) is 19.2 Å². The maximum absolute atomic E-state index is 9.54. The number of aliphatic hydroxyl groups excluding tert-OH is 1. The summed E-state index contributed by atoms with van der Waals surface area (Å²) in [5.41, 5.74) is 0.0179. The van der Waals surface area contributed by atoms with Gasteiger partial charge in [-0.15, -0.1) is 0 Å². The van der Waals surface area contributed by atoms with E-state index >= 15 is 0 Å². The van der Waals surface area contributed by atoms with Crippen LogP contribution >= 0.6 is 0 Å². The van der Waals surface area contributed by atoms with Crippen molar-refractivity contribution in [1.82, 2.24) is 5.32 Å². The molecule has 2 unspecified atom stereocenters. The zero-order chi connectivity index (χ0) is 9.90. The Hall–Kier alpha value is -0.120. The van der Waals surface area contributed by atoms with E-state index in [-0.39, 0.29) is 17.8 Å². The Balaban J connectivity index is 2.24. The van der Waals surface area contributed by atoms with Gasteiger partial charge in [-0.2, -0.15) is 0 Å². The minimum Gasteiger partial charge on any atom is -0.392 e. The molecule has 1 heterocycles. The first-order valence-corrected chi connectivity index (χ1v) is 5.04. The second kappa shape index (κ2) is 4.40. The van der Waals surface area contributed by atoms with E-state index in [0.717, 1.165) is 19.3 Å². The third-order valence-corrected chi connectivity index (χ3v) is 2.53. The zero-order valence-corrected chi connectivity index (χ0v) is 8.84. The van der Waals surface area contributed by atoms with Crippen LogP contribution in [0.15, 0.2) is 0 Å². The maximum atomic E-state index is 9.54. The van der Waals surface area contributed by atoms with Crippen LogP contribution in [-0.2, 0) is 4.74 Å². The van der Waals surface area contributed by atoms with Gasteiger partial charge in [-0.3, -0.25) is 0 Å². The van der Waals surface area contributed by atoms with E-state index in [0.29, 0.717) is 6.54 Å². The highest BCUT2D eigenvalue weighted by molar-refractivity contribution is 4.82. The summed E-state index contributed by atoms with van der Waals surface area (Å²) in [6.07, 6.45) is 2.91. The van der Waals surface area contributed by atoms with E-state index < -0.39 is 0 Å². The predicted molar refractivity (Wildman–Crippen MR) is 52.7 cm³/mol. The van der Waals surface area contributed by atoms with Crippen LogP contribution in [-0.4, -0.2) is 36.5 Å². The summed E-state index contributed by atoms with van der Waals surface area (Å²) in [5, 5.41) is 12.5. The van der Waals surface area contributed by atoms with Crippen molar-refractivity contribution in [2.75, 3.05) is 13.6 Å². The molecule has 0 spiro atoms. The normalized spacial score (nSPS) is 29.1. The van der Waals surface area contributed by atoms with Gasteiger partial charge in [0.25, 0.3) is 0 Å². The molecule has 1 rings (SSSR count). The molecule has 1 aliphatic heterocycles. The van der Waals surface area contributed by atoms with Crippen molar-refractivity contribution in [2.24, 2.45) is 0 Å². The van der Waals surface area contributed by atoms with Crippen molar-refractivity contribution < 1.29 is 9.84 Å². The van der Waals surface area contributed by atoms with Gasteiger partial charge >= 0.3 is 0 Å². The molecule has 2 atom stereocenters. The van der Waals surface area contributed by atoms with Gasteiger partial charge in [-0.05, 0) is 33.7 Å². The predicted octanol–water partition coefficient (Wildman–Crippen LogP) is 0.914. The first-order chi connectivity index (χ1) is 6.03. The lowest BCUT2D eigenvalue weighted by atomic mass is 10.0. The fourth-order valence-corrected chi connectivity index (χ4v) is 1.87. The lowest BCUT2D eigenvalue weighted by molar-refractivity contribution is -0.0340. The van der Waals surface area contributed by atoms with Gasteiger partial charge in [0.15, 0.2) is 0 Å². The number of rotatable bonds is 4. The maximum Gasteiger partial charge on any atom is 0.0689 e. The summed E-state index contributed by atoms with van der Waals surface area (Å²) in [4.78, 5) is 0. The molecule has 1 saturated heterocycles. The molecule has 78 valence electrons. The number of aliphatic hydroxyl groups is 1. The van der Waals surface area contributed by atoms with Crippen molar-refractivity contribution >= 4 is 0 Å². The monoisotopic (exact) mass is 187 g/mol. The van der Waals surface area contributed by atoms with E-state index in [4.69, 9.17) is 4.74 Å². The van der Waals surface area contributed by atoms with Crippen molar-refractivity contribution in [3.63, 3.8) is 0 Å². The minimum absolute atomic E-state index is 0.0179. The van der Waals surface area contributed by atoms with Crippen LogP contribution < -0.4 is 5.32 Å².